The smallest absolute Gasteiger partial charge is 0.237 e. The molecule has 0 aliphatic rings. The van der Waals surface area contributed by atoms with Crippen LogP contribution >= 0.6 is 0 Å². The van der Waals surface area contributed by atoms with Crippen molar-refractivity contribution >= 4 is 36.7 Å². The second kappa shape index (κ2) is 7.45. The zero-order chi connectivity index (χ0) is 22.4. The van der Waals surface area contributed by atoms with Crippen molar-refractivity contribution in [2.45, 2.75) is 16.7 Å². The third-order valence-electron chi connectivity index (χ3n) is 4.87. The molecule has 0 saturated heterocycles. The quantitative estimate of drug-likeness (QED) is 0.496. The number of aromatic nitrogens is 2. The average Bonchev–Trinajstić information content (AvgIpc) is 3.15. The summed E-state index contributed by atoms with van der Waals surface area (Å²) in [4.78, 5) is 4.48. The number of rotatable bonds is 5. The predicted molar refractivity (Wildman–Crippen MR) is 120 cm³/mol. The lowest BCUT2D eigenvalue weighted by Gasteiger charge is -2.11. The molecular weight excluding hydrogens is 434 g/mol. The van der Waals surface area contributed by atoms with Crippen LogP contribution in [0.15, 0.2) is 89.3 Å². The molecule has 0 aliphatic carbocycles. The predicted octanol–water partition coefficient (Wildman–Crippen LogP) is 3.62. The van der Waals surface area contributed by atoms with Gasteiger partial charge in [-0.25, -0.2) is 30.9 Å². The van der Waals surface area contributed by atoms with Crippen LogP contribution in [0.1, 0.15) is 12.6 Å². The van der Waals surface area contributed by atoms with Gasteiger partial charge < -0.3 is 0 Å². The molecule has 0 fully saturated rings. The van der Waals surface area contributed by atoms with Crippen LogP contribution in [0.2, 0.25) is 0 Å². The second-order valence-corrected chi connectivity index (χ2v) is 10.4. The molecule has 0 aliphatic heterocycles. The highest BCUT2D eigenvalue weighted by Gasteiger charge is 2.25. The van der Waals surface area contributed by atoms with Gasteiger partial charge in [-0.15, -0.1) is 0 Å². The number of primary sulfonamides is 1. The van der Waals surface area contributed by atoms with Crippen LogP contribution < -0.4 is 5.14 Å². The number of fused-ring (bicyclic) bond motifs is 1. The minimum atomic E-state index is -3.93. The fraction of sp³-hybridized carbons (Fsp3) is 0.0455. The zero-order valence-electron chi connectivity index (χ0n) is 16.6. The van der Waals surface area contributed by atoms with Gasteiger partial charge >= 0.3 is 0 Å². The Labute approximate surface area is 180 Å². The van der Waals surface area contributed by atoms with Crippen molar-refractivity contribution in [2.75, 3.05) is 0 Å². The van der Waals surface area contributed by atoms with Crippen LogP contribution in [0.5, 0.6) is 0 Å². The van der Waals surface area contributed by atoms with Gasteiger partial charge in [0, 0.05) is 11.6 Å². The molecule has 2 aromatic heterocycles. The standard InChI is InChI=1S/C22H19N3O4S2/c1-15(2)21-14-20-19(16-8-10-17(11-9-16)30(23,26)27)12-13-24-22(20)25(21)31(28,29)18-6-4-3-5-7-18/h3-14H,1H2,2H3,(H2,23,26,27). The van der Waals surface area contributed by atoms with Gasteiger partial charge in [-0.1, -0.05) is 36.9 Å². The fourth-order valence-electron chi connectivity index (χ4n) is 3.39. The Morgan fingerprint density at radius 3 is 2.16 bits per heavy atom. The molecule has 0 atom stereocenters. The molecule has 31 heavy (non-hydrogen) atoms. The molecule has 7 nitrogen and oxygen atoms in total. The molecule has 0 amide bonds. The summed E-state index contributed by atoms with van der Waals surface area (Å²) in [5.74, 6) is 0. The Morgan fingerprint density at radius 1 is 0.935 bits per heavy atom. The number of hydrogen-bond acceptors (Lipinski definition) is 5. The zero-order valence-corrected chi connectivity index (χ0v) is 18.2. The molecule has 158 valence electrons. The lowest BCUT2D eigenvalue weighted by molar-refractivity contribution is 0.588. The Bertz CT molecular complexity index is 1520. The Kier molecular flexibility index (Phi) is 5.04. The normalized spacial score (nSPS) is 12.2. The highest BCUT2D eigenvalue weighted by Crippen LogP contribution is 2.34. The molecule has 0 unspecified atom stereocenters. The molecule has 4 rings (SSSR count). The van der Waals surface area contributed by atoms with Crippen molar-refractivity contribution in [1.82, 2.24) is 8.96 Å². The fourth-order valence-corrected chi connectivity index (χ4v) is 5.46. The first-order valence-electron chi connectivity index (χ1n) is 9.21. The summed E-state index contributed by atoms with van der Waals surface area (Å²) in [5.41, 5.74) is 2.64. The van der Waals surface area contributed by atoms with Crippen molar-refractivity contribution in [1.29, 1.82) is 0 Å². The molecule has 0 saturated carbocycles. The van der Waals surface area contributed by atoms with Crippen LogP contribution in [0, 0.1) is 0 Å². The van der Waals surface area contributed by atoms with Gasteiger partial charge in [0.2, 0.25) is 10.0 Å². The summed E-state index contributed by atoms with van der Waals surface area (Å²) in [7, 11) is -7.74. The second-order valence-electron chi connectivity index (χ2n) is 7.06. The van der Waals surface area contributed by atoms with Crippen molar-refractivity contribution in [3.8, 4) is 11.1 Å². The minimum absolute atomic E-state index is 0.00611. The summed E-state index contributed by atoms with van der Waals surface area (Å²) < 4.78 is 51.2. The number of pyridine rings is 1. The highest BCUT2D eigenvalue weighted by molar-refractivity contribution is 7.90. The molecule has 9 heteroatoms. The van der Waals surface area contributed by atoms with E-state index in [1.54, 1.807) is 49.4 Å². The summed E-state index contributed by atoms with van der Waals surface area (Å²) in [6.07, 6.45) is 1.52. The highest BCUT2D eigenvalue weighted by atomic mass is 32.2. The Morgan fingerprint density at radius 2 is 1.58 bits per heavy atom. The van der Waals surface area contributed by atoms with E-state index < -0.39 is 20.0 Å². The SMILES string of the molecule is C=C(C)c1cc2c(-c3ccc(S(N)(=O)=O)cc3)ccnc2n1S(=O)(=O)c1ccccc1. The van der Waals surface area contributed by atoms with E-state index in [4.69, 9.17) is 5.14 Å². The first kappa shape index (κ1) is 21.0. The van der Waals surface area contributed by atoms with E-state index in [0.29, 0.717) is 27.8 Å². The first-order valence-corrected chi connectivity index (χ1v) is 12.2. The van der Waals surface area contributed by atoms with Gasteiger partial charge in [-0.3, -0.25) is 0 Å². The maximum absolute atomic E-state index is 13.4. The average molecular weight is 454 g/mol. The van der Waals surface area contributed by atoms with Gasteiger partial charge in [-0.05, 0) is 60.0 Å². The van der Waals surface area contributed by atoms with Gasteiger partial charge in [0.15, 0.2) is 5.65 Å². The number of nitrogens with two attached hydrogens (primary N) is 1. The molecule has 0 spiro atoms. The molecule has 2 N–H and O–H groups in total. The summed E-state index contributed by atoms with van der Waals surface area (Å²) >= 11 is 0. The van der Waals surface area contributed by atoms with E-state index in [1.165, 1.54) is 34.4 Å². The molecule has 0 radical (unpaired) electrons. The topological polar surface area (TPSA) is 112 Å². The van der Waals surface area contributed by atoms with Gasteiger partial charge in [-0.2, -0.15) is 0 Å². The molecule has 0 bridgehead atoms. The minimum Gasteiger partial charge on any atom is -0.237 e. The molecule has 2 heterocycles. The third kappa shape index (κ3) is 3.67. The third-order valence-corrected chi connectivity index (χ3v) is 7.52. The largest absolute Gasteiger partial charge is 0.269 e. The van der Waals surface area contributed by atoms with E-state index in [9.17, 15) is 16.8 Å². The van der Waals surface area contributed by atoms with Crippen LogP contribution in [0.3, 0.4) is 0 Å². The van der Waals surface area contributed by atoms with Crippen molar-refractivity contribution in [2.24, 2.45) is 5.14 Å². The van der Waals surface area contributed by atoms with Crippen molar-refractivity contribution in [3.05, 3.63) is 85.2 Å². The number of sulfonamides is 1. The van der Waals surface area contributed by atoms with Crippen LogP contribution in [0.4, 0.5) is 0 Å². The molecule has 2 aromatic carbocycles. The monoisotopic (exact) mass is 453 g/mol. The van der Waals surface area contributed by atoms with E-state index in [2.05, 4.69) is 11.6 Å². The van der Waals surface area contributed by atoms with Crippen molar-refractivity contribution < 1.29 is 16.8 Å². The number of hydrogen-bond donors (Lipinski definition) is 1. The lowest BCUT2D eigenvalue weighted by atomic mass is 10.0. The molecular formula is C22H19N3O4S2. The summed E-state index contributed by atoms with van der Waals surface area (Å²) in [6.45, 7) is 5.66. The Balaban J connectivity index is 1.99. The van der Waals surface area contributed by atoms with E-state index in [-0.39, 0.29) is 15.4 Å². The van der Waals surface area contributed by atoms with Crippen LogP contribution in [-0.4, -0.2) is 25.8 Å². The maximum atomic E-state index is 13.4. The summed E-state index contributed by atoms with van der Waals surface area (Å²) in [6, 6.07) is 17.7. The van der Waals surface area contributed by atoms with Crippen molar-refractivity contribution in [3.63, 3.8) is 0 Å². The van der Waals surface area contributed by atoms with Gasteiger partial charge in [0.05, 0.1) is 15.5 Å². The van der Waals surface area contributed by atoms with Crippen LogP contribution in [0.25, 0.3) is 27.7 Å². The van der Waals surface area contributed by atoms with E-state index in [0.717, 1.165) is 0 Å². The number of allylic oxidation sites excluding steroid dienone is 1. The van der Waals surface area contributed by atoms with E-state index >= 15 is 0 Å². The first-order chi connectivity index (χ1) is 14.6. The number of nitrogens with zero attached hydrogens (tertiary/aromatic N) is 2. The molecule has 4 aromatic rings. The maximum Gasteiger partial charge on any atom is 0.269 e. The van der Waals surface area contributed by atoms with E-state index in [1.807, 2.05) is 0 Å². The number of benzene rings is 2. The van der Waals surface area contributed by atoms with Crippen LogP contribution in [-0.2, 0) is 20.0 Å². The van der Waals surface area contributed by atoms with Gasteiger partial charge in [0.25, 0.3) is 10.0 Å². The Hall–Kier alpha value is -3.27. The lowest BCUT2D eigenvalue weighted by Crippen LogP contribution is -2.15. The summed E-state index contributed by atoms with van der Waals surface area (Å²) in [5, 5.41) is 5.78. The van der Waals surface area contributed by atoms with Gasteiger partial charge in [0.1, 0.15) is 0 Å².